The van der Waals surface area contributed by atoms with Crippen LogP contribution in [0.4, 0.5) is 0 Å². The van der Waals surface area contributed by atoms with Crippen LogP contribution >= 0.6 is 0 Å². The van der Waals surface area contributed by atoms with Crippen LogP contribution < -0.4 is 5.32 Å². The normalized spacial score (nSPS) is 30.2. The first-order valence-electron chi connectivity index (χ1n) is 8.92. The highest BCUT2D eigenvalue weighted by molar-refractivity contribution is 5.85. The number of hydrogen-bond donors (Lipinski definition) is 1. The Kier molecular flexibility index (Phi) is 5.54. The van der Waals surface area contributed by atoms with Crippen molar-refractivity contribution in [2.24, 2.45) is 11.1 Å². The van der Waals surface area contributed by atoms with Gasteiger partial charge in [-0.2, -0.15) is 0 Å². The monoisotopic (exact) mass is 324 g/mol. The van der Waals surface area contributed by atoms with Crippen molar-refractivity contribution in [3.8, 4) is 0 Å². The zero-order valence-corrected chi connectivity index (χ0v) is 14.0. The minimum absolute atomic E-state index is 0.00482. The Balaban J connectivity index is 1.36. The van der Waals surface area contributed by atoms with Crippen LogP contribution in [-0.2, 0) is 19.1 Å². The fourth-order valence-electron chi connectivity index (χ4n) is 3.76. The molecule has 1 heterocycles. The summed E-state index contributed by atoms with van der Waals surface area (Å²) in [6.45, 7) is 3.58. The van der Waals surface area contributed by atoms with Gasteiger partial charge in [-0.1, -0.05) is 24.9 Å². The molecule has 3 rings (SSSR count). The van der Waals surface area contributed by atoms with Crippen LogP contribution in [0.25, 0.3) is 0 Å². The van der Waals surface area contributed by atoms with E-state index < -0.39 is 0 Å². The Morgan fingerprint density at radius 3 is 2.65 bits per heavy atom. The SMILES string of the molecule is C[C@@H]1CCCC[C@H]1NC(=O)CON=C1CCC2(CC1)OCCO2. The second kappa shape index (κ2) is 7.62. The smallest absolute Gasteiger partial charge is 0.261 e. The summed E-state index contributed by atoms with van der Waals surface area (Å²) in [6.07, 6.45) is 7.99. The average molecular weight is 324 g/mol. The Morgan fingerprint density at radius 1 is 1.26 bits per heavy atom. The Bertz CT molecular complexity index is 434. The van der Waals surface area contributed by atoms with Gasteiger partial charge in [0.2, 0.25) is 0 Å². The molecule has 6 nitrogen and oxygen atoms in total. The van der Waals surface area contributed by atoms with E-state index in [0.717, 1.165) is 37.8 Å². The van der Waals surface area contributed by atoms with Crippen molar-refractivity contribution >= 4 is 11.6 Å². The van der Waals surface area contributed by atoms with E-state index >= 15 is 0 Å². The van der Waals surface area contributed by atoms with Gasteiger partial charge in [-0.25, -0.2) is 0 Å². The summed E-state index contributed by atoms with van der Waals surface area (Å²) < 4.78 is 11.4. The number of nitrogens with zero attached hydrogens (tertiary/aromatic N) is 1. The van der Waals surface area contributed by atoms with Gasteiger partial charge in [0, 0.05) is 18.9 Å². The van der Waals surface area contributed by atoms with Gasteiger partial charge < -0.3 is 19.6 Å². The van der Waals surface area contributed by atoms with Crippen LogP contribution in [0.3, 0.4) is 0 Å². The summed E-state index contributed by atoms with van der Waals surface area (Å²) in [5, 5.41) is 7.21. The van der Waals surface area contributed by atoms with E-state index in [2.05, 4.69) is 17.4 Å². The van der Waals surface area contributed by atoms with E-state index in [4.69, 9.17) is 14.3 Å². The highest BCUT2D eigenvalue weighted by Crippen LogP contribution is 2.34. The third-order valence-corrected chi connectivity index (χ3v) is 5.25. The molecule has 0 aromatic heterocycles. The largest absolute Gasteiger partial charge is 0.386 e. The molecule has 0 unspecified atom stereocenters. The molecule has 1 N–H and O–H groups in total. The van der Waals surface area contributed by atoms with Crippen LogP contribution in [0, 0.1) is 5.92 Å². The van der Waals surface area contributed by atoms with Crippen LogP contribution in [0.5, 0.6) is 0 Å². The summed E-state index contributed by atoms with van der Waals surface area (Å²) in [5.41, 5.74) is 0.994. The first-order chi connectivity index (χ1) is 11.2. The summed E-state index contributed by atoms with van der Waals surface area (Å²) in [5.74, 6) is 0.107. The van der Waals surface area contributed by atoms with Crippen molar-refractivity contribution in [1.29, 1.82) is 0 Å². The second-order valence-corrected chi connectivity index (χ2v) is 6.97. The molecular formula is C17H28N2O4. The van der Waals surface area contributed by atoms with E-state index in [1.807, 2.05) is 0 Å². The molecule has 0 aromatic rings. The summed E-state index contributed by atoms with van der Waals surface area (Å²) in [7, 11) is 0. The van der Waals surface area contributed by atoms with E-state index in [-0.39, 0.29) is 18.3 Å². The highest BCUT2D eigenvalue weighted by atomic mass is 16.7. The van der Waals surface area contributed by atoms with E-state index in [1.54, 1.807) is 0 Å². The second-order valence-electron chi connectivity index (χ2n) is 6.97. The molecule has 2 saturated carbocycles. The van der Waals surface area contributed by atoms with Crippen molar-refractivity contribution < 1.29 is 19.1 Å². The standard InChI is InChI=1S/C17H28N2O4/c1-13-4-2-3-5-15(13)18-16(20)12-23-19-14-6-8-17(9-7-14)21-10-11-22-17/h13,15H,2-12H2,1H3,(H,18,20)/t13-,15-/m1/s1. The molecule has 3 fully saturated rings. The summed E-state index contributed by atoms with van der Waals surface area (Å²) in [6, 6.07) is 0.290. The molecule has 2 atom stereocenters. The van der Waals surface area contributed by atoms with Gasteiger partial charge in [0.25, 0.3) is 5.91 Å². The van der Waals surface area contributed by atoms with E-state index in [0.29, 0.717) is 25.2 Å². The molecule has 0 aromatic carbocycles. The third kappa shape index (κ3) is 4.44. The summed E-state index contributed by atoms with van der Waals surface area (Å²) >= 11 is 0. The van der Waals surface area contributed by atoms with Gasteiger partial charge in [0.05, 0.1) is 18.9 Å². The number of oxime groups is 1. The number of ether oxygens (including phenoxy) is 2. The molecule has 0 radical (unpaired) electrons. The topological polar surface area (TPSA) is 69.2 Å². The number of carbonyl (C=O) groups is 1. The maximum absolute atomic E-state index is 12.0. The molecular weight excluding hydrogens is 296 g/mol. The molecule has 1 amide bonds. The Labute approximate surface area is 137 Å². The van der Waals surface area contributed by atoms with Gasteiger partial charge in [-0.15, -0.1) is 0 Å². The van der Waals surface area contributed by atoms with Crippen LogP contribution in [0.2, 0.25) is 0 Å². The van der Waals surface area contributed by atoms with Crippen molar-refractivity contribution in [3.63, 3.8) is 0 Å². The molecule has 3 aliphatic rings. The van der Waals surface area contributed by atoms with Crippen LogP contribution in [0.15, 0.2) is 5.16 Å². The van der Waals surface area contributed by atoms with Gasteiger partial charge >= 0.3 is 0 Å². The third-order valence-electron chi connectivity index (χ3n) is 5.25. The zero-order valence-electron chi connectivity index (χ0n) is 14.0. The molecule has 23 heavy (non-hydrogen) atoms. The predicted octanol–water partition coefficient (Wildman–Crippen LogP) is 2.37. The average Bonchev–Trinajstić information content (AvgIpc) is 3.00. The first kappa shape index (κ1) is 16.7. The number of carbonyl (C=O) groups excluding carboxylic acids is 1. The van der Waals surface area contributed by atoms with Crippen molar-refractivity contribution in [2.45, 2.75) is 70.1 Å². The summed E-state index contributed by atoms with van der Waals surface area (Å²) in [4.78, 5) is 17.2. The zero-order chi connectivity index (χ0) is 16.1. The Morgan fingerprint density at radius 2 is 1.96 bits per heavy atom. The van der Waals surface area contributed by atoms with Crippen molar-refractivity contribution in [2.75, 3.05) is 19.8 Å². The first-order valence-corrected chi connectivity index (χ1v) is 8.92. The fourth-order valence-corrected chi connectivity index (χ4v) is 3.76. The maximum Gasteiger partial charge on any atom is 0.261 e. The van der Waals surface area contributed by atoms with Crippen molar-refractivity contribution in [1.82, 2.24) is 5.32 Å². The number of rotatable bonds is 4. The molecule has 1 aliphatic heterocycles. The molecule has 1 spiro atoms. The lowest BCUT2D eigenvalue weighted by atomic mass is 9.86. The molecule has 130 valence electrons. The molecule has 2 aliphatic carbocycles. The van der Waals surface area contributed by atoms with Gasteiger partial charge in [0.15, 0.2) is 12.4 Å². The minimum Gasteiger partial charge on any atom is -0.386 e. The number of hydrogen-bond acceptors (Lipinski definition) is 5. The van der Waals surface area contributed by atoms with Crippen LogP contribution in [0.1, 0.15) is 58.3 Å². The lowest BCUT2D eigenvalue weighted by molar-refractivity contribution is -0.168. The maximum atomic E-state index is 12.0. The number of amides is 1. The quantitative estimate of drug-likeness (QED) is 0.806. The molecule has 0 bridgehead atoms. The predicted molar refractivity (Wildman–Crippen MR) is 86.1 cm³/mol. The lowest BCUT2D eigenvalue weighted by Gasteiger charge is -2.31. The minimum atomic E-state index is -0.381. The number of nitrogens with one attached hydrogen (secondary N) is 1. The molecule has 1 saturated heterocycles. The van der Waals surface area contributed by atoms with Gasteiger partial charge in [0.1, 0.15) is 0 Å². The van der Waals surface area contributed by atoms with Gasteiger partial charge in [-0.05, 0) is 31.6 Å². The molecule has 6 heteroatoms. The highest BCUT2D eigenvalue weighted by Gasteiger charge is 2.39. The van der Waals surface area contributed by atoms with Crippen LogP contribution in [-0.4, -0.2) is 43.3 Å². The van der Waals surface area contributed by atoms with Crippen molar-refractivity contribution in [3.05, 3.63) is 0 Å². The Hall–Kier alpha value is -1.14. The van der Waals surface area contributed by atoms with E-state index in [1.165, 1.54) is 19.3 Å². The fraction of sp³-hybridized carbons (Fsp3) is 0.882. The lowest BCUT2D eigenvalue weighted by Crippen LogP contribution is -2.42. The van der Waals surface area contributed by atoms with E-state index in [9.17, 15) is 4.79 Å². The van der Waals surface area contributed by atoms with Gasteiger partial charge in [-0.3, -0.25) is 4.79 Å².